The molecule has 0 aliphatic rings. The van der Waals surface area contributed by atoms with Gasteiger partial charge >= 0.3 is 11.9 Å². The van der Waals surface area contributed by atoms with Crippen LogP contribution in [-0.2, 0) is 23.8 Å². The Hall–Kier alpha value is -2.08. The minimum Gasteiger partial charge on any atom is -0.486 e. The molecule has 6 nitrogen and oxygen atoms in total. The third kappa shape index (κ3) is 9.61. The van der Waals surface area contributed by atoms with Crippen molar-refractivity contribution in [3.8, 4) is 5.75 Å². The van der Waals surface area contributed by atoms with Crippen molar-refractivity contribution in [2.75, 3.05) is 13.7 Å². The molecule has 0 amide bonds. The highest BCUT2D eigenvalue weighted by Gasteiger charge is 2.32. The number of benzene rings is 1. The van der Waals surface area contributed by atoms with Crippen LogP contribution in [0.3, 0.4) is 0 Å². The maximum absolute atomic E-state index is 12.6. The summed E-state index contributed by atoms with van der Waals surface area (Å²) in [6, 6.07) is 9.50. The van der Waals surface area contributed by atoms with Gasteiger partial charge < -0.3 is 18.9 Å². The second kappa shape index (κ2) is 12.6. The molecular weight excluding hydrogens is 384 g/mol. The van der Waals surface area contributed by atoms with E-state index in [0.717, 1.165) is 18.6 Å². The second-order valence-corrected chi connectivity index (χ2v) is 8.68. The van der Waals surface area contributed by atoms with E-state index in [9.17, 15) is 9.59 Å². The average molecular weight is 423 g/mol. The number of hydrogen-bond acceptors (Lipinski definition) is 6. The lowest BCUT2D eigenvalue weighted by atomic mass is 9.92. The van der Waals surface area contributed by atoms with Crippen LogP contribution in [0.15, 0.2) is 30.3 Å². The highest BCUT2D eigenvalue weighted by molar-refractivity contribution is 5.79. The van der Waals surface area contributed by atoms with Gasteiger partial charge in [-0.25, -0.2) is 0 Å². The predicted octanol–water partition coefficient (Wildman–Crippen LogP) is 4.80. The molecule has 0 N–H and O–H groups in total. The van der Waals surface area contributed by atoms with Crippen LogP contribution in [-0.4, -0.2) is 43.5 Å². The van der Waals surface area contributed by atoms with Gasteiger partial charge in [0.2, 0.25) is 0 Å². The Labute approximate surface area is 181 Å². The molecule has 1 aromatic carbocycles. The lowest BCUT2D eigenvalue weighted by Crippen LogP contribution is -2.41. The molecule has 0 radical (unpaired) electrons. The summed E-state index contributed by atoms with van der Waals surface area (Å²) in [7, 11) is 1.67. The zero-order valence-electron chi connectivity index (χ0n) is 19.5. The number of methoxy groups -OCH3 is 1. The van der Waals surface area contributed by atoms with Crippen molar-refractivity contribution in [3.63, 3.8) is 0 Å². The van der Waals surface area contributed by atoms with Gasteiger partial charge in [-0.05, 0) is 52.7 Å². The zero-order chi connectivity index (χ0) is 22.7. The topological polar surface area (TPSA) is 71.1 Å². The van der Waals surface area contributed by atoms with Crippen LogP contribution in [0.5, 0.6) is 5.75 Å². The monoisotopic (exact) mass is 422 g/mol. The van der Waals surface area contributed by atoms with Gasteiger partial charge in [0.15, 0.2) is 0 Å². The summed E-state index contributed by atoms with van der Waals surface area (Å²) in [5.74, 6) is -0.573. The van der Waals surface area contributed by atoms with Crippen LogP contribution in [0.2, 0.25) is 0 Å². The van der Waals surface area contributed by atoms with Crippen LogP contribution in [0.4, 0.5) is 0 Å². The smallest absolute Gasteiger partial charge is 0.309 e. The van der Waals surface area contributed by atoms with E-state index in [4.69, 9.17) is 18.9 Å². The summed E-state index contributed by atoms with van der Waals surface area (Å²) in [5.41, 5.74) is -0.585. The van der Waals surface area contributed by atoms with E-state index in [0.29, 0.717) is 6.61 Å². The third-order valence-electron chi connectivity index (χ3n) is 4.76. The van der Waals surface area contributed by atoms with E-state index < -0.39 is 29.6 Å². The molecule has 6 heteroatoms. The average Bonchev–Trinajstić information content (AvgIpc) is 2.66. The highest BCUT2D eigenvalue weighted by atomic mass is 16.6. The molecule has 30 heavy (non-hydrogen) atoms. The van der Waals surface area contributed by atoms with E-state index in [1.165, 1.54) is 0 Å². The summed E-state index contributed by atoms with van der Waals surface area (Å²) < 4.78 is 22.5. The fourth-order valence-corrected chi connectivity index (χ4v) is 3.18. The molecule has 0 bridgehead atoms. The van der Waals surface area contributed by atoms with Crippen molar-refractivity contribution >= 4 is 11.9 Å². The van der Waals surface area contributed by atoms with Gasteiger partial charge in [0.05, 0.1) is 12.3 Å². The summed E-state index contributed by atoms with van der Waals surface area (Å²) in [6.45, 7) is 11.6. The van der Waals surface area contributed by atoms with Gasteiger partial charge in [0.25, 0.3) is 0 Å². The van der Waals surface area contributed by atoms with Crippen molar-refractivity contribution in [2.45, 2.75) is 78.6 Å². The second-order valence-electron chi connectivity index (χ2n) is 8.68. The highest BCUT2D eigenvalue weighted by Crippen LogP contribution is 2.25. The Bertz CT molecular complexity index is 637. The number of rotatable bonds is 12. The Morgan fingerprint density at radius 2 is 1.70 bits per heavy atom. The third-order valence-corrected chi connectivity index (χ3v) is 4.76. The fourth-order valence-electron chi connectivity index (χ4n) is 3.18. The van der Waals surface area contributed by atoms with Crippen LogP contribution in [0.25, 0.3) is 0 Å². The summed E-state index contributed by atoms with van der Waals surface area (Å²) in [4.78, 5) is 24.7. The van der Waals surface area contributed by atoms with Gasteiger partial charge in [-0.1, -0.05) is 32.0 Å². The van der Waals surface area contributed by atoms with E-state index in [1.807, 2.05) is 37.3 Å². The molecule has 0 fully saturated rings. The number of para-hydroxylation sites is 1. The van der Waals surface area contributed by atoms with Crippen molar-refractivity contribution in [1.82, 2.24) is 0 Å². The van der Waals surface area contributed by atoms with Crippen LogP contribution >= 0.6 is 0 Å². The van der Waals surface area contributed by atoms with Crippen molar-refractivity contribution in [2.24, 2.45) is 11.8 Å². The first-order chi connectivity index (χ1) is 14.1. The van der Waals surface area contributed by atoms with Gasteiger partial charge in [-0.2, -0.15) is 0 Å². The van der Waals surface area contributed by atoms with E-state index in [1.54, 1.807) is 34.8 Å². The van der Waals surface area contributed by atoms with Gasteiger partial charge in [0.1, 0.15) is 23.6 Å². The molecular formula is C24H38O6. The number of carbonyl (C=O) groups excluding carboxylic acids is 2. The molecule has 1 rings (SSSR count). The lowest BCUT2D eigenvalue weighted by molar-refractivity contribution is -0.166. The standard InChI is InChI=1S/C24H38O6/c1-8-19(14-15-27-7)22(29-20-12-10-9-11-13-20)18(3)28-23(26)17(2)16-21(25)30-24(4,5)6/h9-13,17-19,22H,8,14-16H2,1-7H3/t17-,18+,19+,22+/m1/s1. The number of carbonyl (C=O) groups is 2. The Balaban J connectivity index is 2.82. The Morgan fingerprint density at radius 1 is 1.07 bits per heavy atom. The van der Waals surface area contributed by atoms with Crippen LogP contribution in [0, 0.1) is 11.8 Å². The SMILES string of the molecule is CC[C@@H](CCOC)[C@@H](Oc1ccccc1)[C@H](C)OC(=O)[C@H](C)CC(=O)OC(C)(C)C. The summed E-state index contributed by atoms with van der Waals surface area (Å²) >= 11 is 0. The first kappa shape index (κ1) is 26.0. The maximum atomic E-state index is 12.6. The summed E-state index contributed by atoms with van der Waals surface area (Å²) in [6.07, 6.45) is 0.815. The largest absolute Gasteiger partial charge is 0.486 e. The molecule has 0 saturated carbocycles. The quantitative estimate of drug-likeness (QED) is 0.451. The molecule has 0 saturated heterocycles. The van der Waals surface area contributed by atoms with Crippen molar-refractivity contribution in [3.05, 3.63) is 30.3 Å². The molecule has 170 valence electrons. The lowest BCUT2D eigenvalue weighted by Gasteiger charge is -2.32. The fraction of sp³-hybridized carbons (Fsp3) is 0.667. The van der Waals surface area contributed by atoms with E-state index in [2.05, 4.69) is 6.92 Å². The maximum Gasteiger partial charge on any atom is 0.309 e. The van der Waals surface area contributed by atoms with Crippen molar-refractivity contribution < 1.29 is 28.5 Å². The molecule has 0 unspecified atom stereocenters. The molecule has 4 atom stereocenters. The van der Waals surface area contributed by atoms with Crippen LogP contribution < -0.4 is 4.74 Å². The number of hydrogen-bond donors (Lipinski definition) is 0. The van der Waals surface area contributed by atoms with Gasteiger partial charge in [-0.3, -0.25) is 9.59 Å². The predicted molar refractivity (Wildman–Crippen MR) is 116 cm³/mol. The summed E-state index contributed by atoms with van der Waals surface area (Å²) in [5, 5.41) is 0. The molecule has 0 aliphatic heterocycles. The number of ether oxygens (including phenoxy) is 4. The van der Waals surface area contributed by atoms with E-state index >= 15 is 0 Å². The van der Waals surface area contributed by atoms with Gasteiger partial charge in [-0.15, -0.1) is 0 Å². The van der Waals surface area contributed by atoms with E-state index in [-0.39, 0.29) is 18.4 Å². The van der Waals surface area contributed by atoms with Crippen molar-refractivity contribution in [1.29, 1.82) is 0 Å². The minimum absolute atomic E-state index is 0.0199. The minimum atomic E-state index is -0.598. The molecule has 1 aromatic rings. The normalized spacial score (nSPS) is 15.6. The molecule has 0 aromatic heterocycles. The zero-order valence-corrected chi connectivity index (χ0v) is 19.5. The first-order valence-electron chi connectivity index (χ1n) is 10.7. The Kier molecular flexibility index (Phi) is 10.9. The molecule has 0 heterocycles. The van der Waals surface area contributed by atoms with Crippen LogP contribution in [0.1, 0.15) is 60.8 Å². The first-order valence-corrected chi connectivity index (χ1v) is 10.7. The number of esters is 2. The van der Waals surface area contributed by atoms with Gasteiger partial charge in [0, 0.05) is 19.6 Å². The Morgan fingerprint density at radius 3 is 2.23 bits per heavy atom. The molecule has 0 aliphatic carbocycles. The molecule has 0 spiro atoms.